The molecule has 1 aromatic rings. The van der Waals surface area contributed by atoms with Crippen LogP contribution in [0.2, 0.25) is 0 Å². The first-order valence-corrected chi connectivity index (χ1v) is 6.14. The molecule has 0 N–H and O–H groups in total. The highest BCUT2D eigenvalue weighted by Crippen LogP contribution is 2.34. The van der Waals surface area contributed by atoms with Crippen molar-refractivity contribution in [2.75, 3.05) is 18.0 Å². The number of nitro benzene ring substituents is 1. The largest absolute Gasteiger partial charge is 0.366 e. The molecule has 2 rings (SSSR count). The molecule has 0 atom stereocenters. The Bertz CT molecular complexity index is 469. The lowest BCUT2D eigenvalue weighted by molar-refractivity contribution is -0.384. The Balaban J connectivity index is 2.33. The third kappa shape index (κ3) is 2.67. The maximum Gasteiger partial charge on any atom is 0.293 e. The molecular weight excluding hydrogens is 232 g/mol. The van der Waals surface area contributed by atoms with E-state index in [-0.39, 0.29) is 5.69 Å². The summed E-state index contributed by atoms with van der Waals surface area (Å²) in [6.07, 6.45) is 3.04. The molecule has 0 spiro atoms. The molecule has 1 saturated carbocycles. The van der Waals surface area contributed by atoms with Gasteiger partial charge in [0.1, 0.15) is 12.0 Å². The smallest absolute Gasteiger partial charge is 0.293 e. The Morgan fingerprint density at radius 2 is 2.22 bits per heavy atom. The van der Waals surface area contributed by atoms with Crippen LogP contribution in [0.3, 0.4) is 0 Å². The van der Waals surface area contributed by atoms with Crippen LogP contribution >= 0.6 is 0 Å². The van der Waals surface area contributed by atoms with Crippen LogP contribution in [-0.4, -0.2) is 24.3 Å². The molecule has 18 heavy (non-hydrogen) atoms. The van der Waals surface area contributed by atoms with Crippen molar-refractivity contribution < 1.29 is 9.72 Å². The minimum absolute atomic E-state index is 0.0158. The highest BCUT2D eigenvalue weighted by atomic mass is 16.6. The third-order valence-corrected chi connectivity index (χ3v) is 3.23. The van der Waals surface area contributed by atoms with Gasteiger partial charge in [-0.3, -0.25) is 14.9 Å². The summed E-state index contributed by atoms with van der Waals surface area (Å²) in [5, 5.41) is 11.1. The molecule has 1 fully saturated rings. The van der Waals surface area contributed by atoms with E-state index in [0.29, 0.717) is 23.5 Å². The zero-order valence-corrected chi connectivity index (χ0v) is 10.3. The average Bonchev–Trinajstić information content (AvgIpc) is 3.19. The zero-order valence-electron chi connectivity index (χ0n) is 10.3. The van der Waals surface area contributed by atoms with Crippen LogP contribution in [0.1, 0.15) is 30.1 Å². The summed E-state index contributed by atoms with van der Waals surface area (Å²) in [5.41, 5.74) is 0.968. The van der Waals surface area contributed by atoms with E-state index in [1.165, 1.54) is 18.9 Å². The summed E-state index contributed by atoms with van der Waals surface area (Å²) in [7, 11) is 0. The number of aldehydes is 1. The van der Waals surface area contributed by atoms with Gasteiger partial charge in [-0.15, -0.1) is 0 Å². The summed E-state index contributed by atoms with van der Waals surface area (Å²) in [6, 6.07) is 4.65. The lowest BCUT2D eigenvalue weighted by Crippen LogP contribution is -2.26. The first-order chi connectivity index (χ1) is 8.65. The fourth-order valence-corrected chi connectivity index (χ4v) is 2.04. The number of hydrogen-bond donors (Lipinski definition) is 0. The molecule has 0 aliphatic heterocycles. The molecule has 5 heteroatoms. The van der Waals surface area contributed by atoms with E-state index in [9.17, 15) is 14.9 Å². The van der Waals surface area contributed by atoms with Gasteiger partial charge < -0.3 is 4.90 Å². The normalized spacial score (nSPS) is 14.3. The minimum atomic E-state index is -0.419. The van der Waals surface area contributed by atoms with E-state index in [0.717, 1.165) is 13.1 Å². The second-order valence-electron chi connectivity index (χ2n) is 4.61. The van der Waals surface area contributed by atoms with Crippen molar-refractivity contribution in [3.8, 4) is 0 Å². The van der Waals surface area contributed by atoms with Crippen LogP contribution in [-0.2, 0) is 0 Å². The van der Waals surface area contributed by atoms with Gasteiger partial charge in [-0.05, 0) is 37.8 Å². The molecule has 0 saturated heterocycles. The summed E-state index contributed by atoms with van der Waals surface area (Å²) in [4.78, 5) is 23.4. The first kappa shape index (κ1) is 12.5. The minimum Gasteiger partial charge on any atom is -0.366 e. The molecule has 5 nitrogen and oxygen atoms in total. The number of benzene rings is 1. The fraction of sp³-hybridized carbons (Fsp3) is 0.462. The lowest BCUT2D eigenvalue weighted by Gasteiger charge is -2.22. The maximum absolute atomic E-state index is 11.1. The SMILES string of the molecule is CCN(CC1CC1)c1ccc(C=O)cc1[N+](=O)[O-]. The molecule has 1 aliphatic carbocycles. The van der Waals surface area contributed by atoms with Gasteiger partial charge in [0.25, 0.3) is 5.69 Å². The van der Waals surface area contributed by atoms with Gasteiger partial charge in [0, 0.05) is 24.7 Å². The quantitative estimate of drug-likeness (QED) is 0.441. The number of anilines is 1. The number of nitrogens with zero attached hydrogens (tertiary/aromatic N) is 2. The monoisotopic (exact) mass is 248 g/mol. The van der Waals surface area contributed by atoms with E-state index in [4.69, 9.17) is 0 Å². The molecule has 0 amide bonds. The van der Waals surface area contributed by atoms with E-state index in [1.807, 2.05) is 11.8 Å². The Kier molecular flexibility index (Phi) is 3.60. The highest BCUT2D eigenvalue weighted by molar-refractivity contribution is 5.79. The van der Waals surface area contributed by atoms with E-state index < -0.39 is 4.92 Å². The van der Waals surface area contributed by atoms with Gasteiger partial charge in [0.15, 0.2) is 0 Å². The van der Waals surface area contributed by atoms with Gasteiger partial charge in [-0.1, -0.05) is 0 Å². The predicted octanol–water partition coefficient (Wildman–Crippen LogP) is 2.64. The summed E-state index contributed by atoms with van der Waals surface area (Å²) in [5.74, 6) is 0.662. The van der Waals surface area contributed by atoms with Crippen LogP contribution < -0.4 is 4.90 Å². The standard InChI is InChI=1S/C13H16N2O3/c1-2-14(8-10-3-4-10)12-6-5-11(9-16)7-13(12)15(17)18/h5-7,9-10H,2-4,8H2,1H3. The van der Waals surface area contributed by atoms with Crippen LogP contribution in [0, 0.1) is 16.0 Å². The number of carbonyl (C=O) groups excluding carboxylic acids is 1. The zero-order chi connectivity index (χ0) is 13.1. The van der Waals surface area contributed by atoms with Crippen molar-refractivity contribution in [2.24, 2.45) is 5.92 Å². The first-order valence-electron chi connectivity index (χ1n) is 6.14. The molecule has 0 unspecified atom stereocenters. The molecule has 0 bridgehead atoms. The number of hydrogen-bond acceptors (Lipinski definition) is 4. The second-order valence-corrected chi connectivity index (χ2v) is 4.61. The van der Waals surface area contributed by atoms with Gasteiger partial charge in [0.2, 0.25) is 0 Å². The van der Waals surface area contributed by atoms with E-state index in [2.05, 4.69) is 0 Å². The molecule has 0 radical (unpaired) electrons. The van der Waals surface area contributed by atoms with Crippen LogP contribution in [0.4, 0.5) is 11.4 Å². The van der Waals surface area contributed by atoms with E-state index >= 15 is 0 Å². The van der Waals surface area contributed by atoms with Crippen molar-refractivity contribution in [3.63, 3.8) is 0 Å². The molecule has 1 aliphatic rings. The van der Waals surface area contributed by atoms with Crippen molar-refractivity contribution in [2.45, 2.75) is 19.8 Å². The Morgan fingerprint density at radius 3 is 2.72 bits per heavy atom. The van der Waals surface area contributed by atoms with Crippen molar-refractivity contribution in [3.05, 3.63) is 33.9 Å². The van der Waals surface area contributed by atoms with Crippen LogP contribution in [0.15, 0.2) is 18.2 Å². The Morgan fingerprint density at radius 1 is 1.50 bits per heavy atom. The highest BCUT2D eigenvalue weighted by Gasteiger charge is 2.27. The van der Waals surface area contributed by atoms with E-state index in [1.54, 1.807) is 12.1 Å². The second kappa shape index (κ2) is 5.16. The lowest BCUT2D eigenvalue weighted by atomic mass is 10.1. The van der Waals surface area contributed by atoms with Crippen LogP contribution in [0.25, 0.3) is 0 Å². The van der Waals surface area contributed by atoms with Crippen LogP contribution in [0.5, 0.6) is 0 Å². The molecule has 96 valence electrons. The average molecular weight is 248 g/mol. The topological polar surface area (TPSA) is 63.5 Å². The number of nitro groups is 1. The number of carbonyl (C=O) groups is 1. The van der Waals surface area contributed by atoms with Crippen molar-refractivity contribution >= 4 is 17.7 Å². The van der Waals surface area contributed by atoms with Gasteiger partial charge in [-0.25, -0.2) is 0 Å². The van der Waals surface area contributed by atoms with Crippen molar-refractivity contribution in [1.82, 2.24) is 0 Å². The summed E-state index contributed by atoms with van der Waals surface area (Å²) < 4.78 is 0. The Labute approximate surface area is 106 Å². The Hall–Kier alpha value is -1.91. The van der Waals surface area contributed by atoms with Gasteiger partial charge >= 0.3 is 0 Å². The molecule has 0 aromatic heterocycles. The fourth-order valence-electron chi connectivity index (χ4n) is 2.04. The number of rotatable bonds is 6. The molecule has 1 aromatic carbocycles. The van der Waals surface area contributed by atoms with Gasteiger partial charge in [0.05, 0.1) is 4.92 Å². The molecular formula is C13H16N2O3. The molecule has 0 heterocycles. The summed E-state index contributed by atoms with van der Waals surface area (Å²) in [6.45, 7) is 3.58. The summed E-state index contributed by atoms with van der Waals surface area (Å²) >= 11 is 0. The van der Waals surface area contributed by atoms with Crippen molar-refractivity contribution in [1.29, 1.82) is 0 Å². The maximum atomic E-state index is 11.1. The van der Waals surface area contributed by atoms with Gasteiger partial charge in [-0.2, -0.15) is 0 Å². The third-order valence-electron chi connectivity index (χ3n) is 3.23. The predicted molar refractivity (Wildman–Crippen MR) is 69.1 cm³/mol.